The lowest BCUT2D eigenvalue weighted by Crippen LogP contribution is -2.31. The summed E-state index contributed by atoms with van der Waals surface area (Å²) in [6.07, 6.45) is 3.47. The van der Waals surface area contributed by atoms with Crippen LogP contribution in [0, 0.1) is 20.8 Å². The van der Waals surface area contributed by atoms with Crippen molar-refractivity contribution in [1.29, 1.82) is 0 Å². The number of carbonyl (C=O) groups excluding carboxylic acids is 1. The molecule has 0 aliphatic carbocycles. The van der Waals surface area contributed by atoms with Crippen LogP contribution in [0.1, 0.15) is 62.5 Å². The third kappa shape index (κ3) is 4.15. The molecule has 3 heterocycles. The second-order valence-electron chi connectivity index (χ2n) is 8.61. The summed E-state index contributed by atoms with van der Waals surface area (Å²) in [7, 11) is 0. The molecule has 2 aromatic rings. The maximum Gasteiger partial charge on any atom is 0.220 e. The van der Waals surface area contributed by atoms with Crippen LogP contribution in [0.15, 0.2) is 0 Å². The van der Waals surface area contributed by atoms with E-state index in [2.05, 4.69) is 33.0 Å². The SMILES string of the molecule is Cc1nc2c(c(C)nn2C(C)(C)C)c(C)c1CCC(=O)NC[C@@H]1CCCO1. The van der Waals surface area contributed by atoms with Crippen LogP contribution in [-0.4, -0.2) is 39.9 Å². The van der Waals surface area contributed by atoms with Crippen molar-refractivity contribution in [3.8, 4) is 0 Å². The van der Waals surface area contributed by atoms with E-state index in [1.165, 1.54) is 5.56 Å². The third-order valence-electron chi connectivity index (χ3n) is 5.36. The Balaban J connectivity index is 1.76. The van der Waals surface area contributed by atoms with Crippen LogP contribution in [0.2, 0.25) is 0 Å². The quantitative estimate of drug-likeness (QED) is 0.874. The summed E-state index contributed by atoms with van der Waals surface area (Å²) in [5.41, 5.74) is 5.14. The molecule has 1 fully saturated rings. The van der Waals surface area contributed by atoms with Gasteiger partial charge in [-0.25, -0.2) is 9.67 Å². The first-order valence-corrected chi connectivity index (χ1v) is 9.92. The number of hydrogen-bond acceptors (Lipinski definition) is 4. The molecule has 1 atom stereocenters. The summed E-state index contributed by atoms with van der Waals surface area (Å²) in [5, 5.41) is 8.86. The number of nitrogens with one attached hydrogen (secondary N) is 1. The van der Waals surface area contributed by atoms with Gasteiger partial charge in [-0.2, -0.15) is 5.10 Å². The molecular weight excluding hydrogens is 340 g/mol. The van der Waals surface area contributed by atoms with E-state index in [-0.39, 0.29) is 17.6 Å². The minimum atomic E-state index is -0.123. The third-order valence-corrected chi connectivity index (χ3v) is 5.36. The Kier molecular flexibility index (Phi) is 5.56. The molecule has 3 rings (SSSR count). The molecule has 1 N–H and O–H groups in total. The number of fused-ring (bicyclic) bond motifs is 1. The van der Waals surface area contributed by atoms with Crippen LogP contribution in [0.5, 0.6) is 0 Å². The molecular formula is C21H32N4O2. The maximum absolute atomic E-state index is 12.3. The molecule has 1 amide bonds. The topological polar surface area (TPSA) is 69.0 Å². The summed E-state index contributed by atoms with van der Waals surface area (Å²) in [6.45, 7) is 14.0. The standard InChI is InChI=1S/C21H32N4O2/c1-13-17(9-10-18(26)22-12-16-8-7-11-27-16)14(2)23-20-19(13)15(3)24-25(20)21(4,5)6/h16H,7-12H2,1-6H3,(H,22,26)/t16-/m0/s1. The molecule has 0 saturated carbocycles. The maximum atomic E-state index is 12.3. The molecule has 0 unspecified atom stereocenters. The van der Waals surface area contributed by atoms with Gasteiger partial charge in [0.25, 0.3) is 0 Å². The number of aromatic nitrogens is 3. The predicted molar refractivity (Wildman–Crippen MR) is 107 cm³/mol. The highest BCUT2D eigenvalue weighted by molar-refractivity contribution is 5.84. The molecule has 1 aliphatic rings. The highest BCUT2D eigenvalue weighted by atomic mass is 16.5. The summed E-state index contributed by atoms with van der Waals surface area (Å²) in [6, 6.07) is 0. The van der Waals surface area contributed by atoms with E-state index in [1.54, 1.807) is 0 Å². The number of hydrogen-bond donors (Lipinski definition) is 1. The second-order valence-corrected chi connectivity index (χ2v) is 8.61. The Hall–Kier alpha value is -1.95. The number of aryl methyl sites for hydroxylation is 3. The van der Waals surface area contributed by atoms with Gasteiger partial charge in [-0.1, -0.05) is 0 Å². The normalized spacial score (nSPS) is 17.6. The fraction of sp³-hybridized carbons (Fsp3) is 0.667. The van der Waals surface area contributed by atoms with Crippen molar-refractivity contribution < 1.29 is 9.53 Å². The molecule has 6 heteroatoms. The van der Waals surface area contributed by atoms with E-state index < -0.39 is 0 Å². The summed E-state index contributed by atoms with van der Waals surface area (Å²) in [5.74, 6) is 0.0755. The fourth-order valence-corrected chi connectivity index (χ4v) is 3.90. The van der Waals surface area contributed by atoms with Gasteiger partial charge in [0.15, 0.2) is 5.65 Å². The molecule has 1 saturated heterocycles. The number of ether oxygens (including phenoxy) is 1. The van der Waals surface area contributed by atoms with Crippen LogP contribution in [0.25, 0.3) is 11.0 Å². The Bertz CT molecular complexity index is 842. The van der Waals surface area contributed by atoms with E-state index in [9.17, 15) is 4.79 Å². The van der Waals surface area contributed by atoms with Gasteiger partial charge in [-0.15, -0.1) is 0 Å². The minimum absolute atomic E-state index is 0.0755. The zero-order valence-electron chi connectivity index (χ0n) is 17.5. The van der Waals surface area contributed by atoms with Crippen LogP contribution >= 0.6 is 0 Å². The van der Waals surface area contributed by atoms with Gasteiger partial charge in [-0.05, 0) is 71.9 Å². The largest absolute Gasteiger partial charge is 0.376 e. The number of amides is 1. The average Bonchev–Trinajstić information content (AvgIpc) is 3.20. The van der Waals surface area contributed by atoms with Crippen LogP contribution in [0.4, 0.5) is 0 Å². The molecule has 0 spiro atoms. The number of carbonyl (C=O) groups is 1. The van der Waals surface area contributed by atoms with Crippen molar-refractivity contribution in [1.82, 2.24) is 20.1 Å². The first kappa shape index (κ1) is 19.8. The summed E-state index contributed by atoms with van der Waals surface area (Å²) < 4.78 is 7.57. The van der Waals surface area contributed by atoms with Crippen LogP contribution in [0.3, 0.4) is 0 Å². The molecule has 0 bridgehead atoms. The summed E-state index contributed by atoms with van der Waals surface area (Å²) >= 11 is 0. The number of rotatable bonds is 5. The smallest absolute Gasteiger partial charge is 0.220 e. The monoisotopic (exact) mass is 372 g/mol. The van der Waals surface area contributed by atoms with Gasteiger partial charge >= 0.3 is 0 Å². The predicted octanol–water partition coefficient (Wildman–Crippen LogP) is 3.34. The number of nitrogens with zero attached hydrogens (tertiary/aromatic N) is 3. The zero-order valence-corrected chi connectivity index (χ0v) is 17.5. The average molecular weight is 373 g/mol. The molecule has 1 aliphatic heterocycles. The minimum Gasteiger partial charge on any atom is -0.376 e. The second kappa shape index (κ2) is 7.58. The van der Waals surface area contributed by atoms with Crippen LogP contribution in [-0.2, 0) is 21.5 Å². The van der Waals surface area contributed by atoms with Gasteiger partial charge in [0.05, 0.1) is 17.3 Å². The van der Waals surface area contributed by atoms with Gasteiger partial charge in [0.2, 0.25) is 5.91 Å². The molecule has 2 aromatic heterocycles. The highest BCUT2D eigenvalue weighted by Crippen LogP contribution is 2.29. The van der Waals surface area contributed by atoms with Crippen molar-refractivity contribution in [2.75, 3.05) is 13.2 Å². The molecule has 6 nitrogen and oxygen atoms in total. The van der Waals surface area contributed by atoms with Crippen molar-refractivity contribution in [3.05, 3.63) is 22.5 Å². The zero-order chi connectivity index (χ0) is 19.8. The van der Waals surface area contributed by atoms with Crippen molar-refractivity contribution in [3.63, 3.8) is 0 Å². The lowest BCUT2D eigenvalue weighted by molar-refractivity contribution is -0.121. The van der Waals surface area contributed by atoms with Crippen LogP contribution < -0.4 is 5.32 Å². The lowest BCUT2D eigenvalue weighted by Gasteiger charge is -2.20. The summed E-state index contributed by atoms with van der Waals surface area (Å²) in [4.78, 5) is 17.1. The molecule has 148 valence electrons. The van der Waals surface area contributed by atoms with Gasteiger partial charge < -0.3 is 10.1 Å². The molecule has 0 radical (unpaired) electrons. The van der Waals surface area contributed by atoms with E-state index in [4.69, 9.17) is 14.8 Å². The van der Waals surface area contributed by atoms with E-state index in [0.717, 1.165) is 47.4 Å². The first-order valence-electron chi connectivity index (χ1n) is 9.92. The van der Waals surface area contributed by atoms with Gasteiger partial charge in [-0.3, -0.25) is 4.79 Å². The van der Waals surface area contributed by atoms with E-state index >= 15 is 0 Å². The fourth-order valence-electron chi connectivity index (χ4n) is 3.90. The van der Waals surface area contributed by atoms with Gasteiger partial charge in [0.1, 0.15) is 0 Å². The Morgan fingerprint density at radius 3 is 2.63 bits per heavy atom. The van der Waals surface area contributed by atoms with Crippen molar-refractivity contribution in [2.45, 2.75) is 78.9 Å². The van der Waals surface area contributed by atoms with Gasteiger partial charge in [0, 0.05) is 30.7 Å². The van der Waals surface area contributed by atoms with Crippen molar-refractivity contribution >= 4 is 16.9 Å². The highest BCUT2D eigenvalue weighted by Gasteiger charge is 2.23. The molecule has 0 aromatic carbocycles. The van der Waals surface area contributed by atoms with Crippen molar-refractivity contribution in [2.24, 2.45) is 0 Å². The van der Waals surface area contributed by atoms with E-state index in [1.807, 2.05) is 18.5 Å². The Labute approximate surface area is 161 Å². The Morgan fingerprint density at radius 2 is 2.00 bits per heavy atom. The Morgan fingerprint density at radius 1 is 1.26 bits per heavy atom. The first-order chi connectivity index (χ1) is 12.7. The molecule has 27 heavy (non-hydrogen) atoms. The lowest BCUT2D eigenvalue weighted by atomic mass is 9.99. The number of pyridine rings is 1. The van der Waals surface area contributed by atoms with E-state index in [0.29, 0.717) is 19.4 Å².